The minimum absolute atomic E-state index is 0.189. The molecule has 0 radical (unpaired) electrons. The van der Waals surface area contributed by atoms with E-state index in [1.165, 1.54) is 16.3 Å². The highest BCUT2D eigenvalue weighted by atomic mass is 16.4. The van der Waals surface area contributed by atoms with Crippen molar-refractivity contribution >= 4 is 16.7 Å². The number of benzene rings is 2. The third-order valence-corrected chi connectivity index (χ3v) is 5.75. The van der Waals surface area contributed by atoms with Crippen molar-refractivity contribution in [3.05, 3.63) is 65.7 Å². The summed E-state index contributed by atoms with van der Waals surface area (Å²) >= 11 is 0. The van der Waals surface area contributed by atoms with Crippen LogP contribution in [0.2, 0.25) is 0 Å². The summed E-state index contributed by atoms with van der Waals surface area (Å²) in [5.41, 5.74) is 2.21. The lowest BCUT2D eigenvalue weighted by Crippen LogP contribution is -2.29. The molecule has 1 aromatic heterocycles. The van der Waals surface area contributed by atoms with Gasteiger partial charge >= 0.3 is 5.97 Å². The largest absolute Gasteiger partial charge is 0.477 e. The molecule has 0 bridgehead atoms. The van der Waals surface area contributed by atoms with Crippen LogP contribution in [0, 0.1) is 6.92 Å². The Morgan fingerprint density at radius 3 is 2.81 bits per heavy atom. The fraction of sp³-hybridized carbons (Fsp3) is 0.364. The molecule has 1 aliphatic rings. The first-order valence-electron chi connectivity index (χ1n) is 9.55. The van der Waals surface area contributed by atoms with E-state index in [9.17, 15) is 9.90 Å². The topological polar surface area (TPSA) is 67.2 Å². The zero-order valence-corrected chi connectivity index (χ0v) is 15.7. The van der Waals surface area contributed by atoms with Crippen LogP contribution in [0.3, 0.4) is 0 Å². The summed E-state index contributed by atoms with van der Waals surface area (Å²) < 4.78 is 1.85. The summed E-state index contributed by atoms with van der Waals surface area (Å²) in [4.78, 5) is 15.8. The van der Waals surface area contributed by atoms with Crippen LogP contribution in [-0.4, -0.2) is 26.7 Å². The Balaban J connectivity index is 1.49. The number of aromatic nitrogens is 2. The van der Waals surface area contributed by atoms with Crippen LogP contribution in [0.5, 0.6) is 0 Å². The van der Waals surface area contributed by atoms with Crippen molar-refractivity contribution in [2.45, 2.75) is 51.2 Å². The Labute approximate surface area is 159 Å². The van der Waals surface area contributed by atoms with Gasteiger partial charge in [-0.25, -0.2) is 9.78 Å². The lowest BCUT2D eigenvalue weighted by atomic mass is 9.99. The molecule has 0 amide bonds. The van der Waals surface area contributed by atoms with Crippen LogP contribution in [0.15, 0.2) is 48.8 Å². The van der Waals surface area contributed by atoms with Gasteiger partial charge in [0.05, 0.1) is 12.0 Å². The maximum atomic E-state index is 11.6. The molecule has 27 heavy (non-hydrogen) atoms. The van der Waals surface area contributed by atoms with Crippen molar-refractivity contribution in [1.82, 2.24) is 14.9 Å². The second-order valence-corrected chi connectivity index (χ2v) is 7.51. The van der Waals surface area contributed by atoms with Crippen molar-refractivity contribution in [2.24, 2.45) is 0 Å². The highest BCUT2D eigenvalue weighted by Gasteiger charge is 2.30. The minimum Gasteiger partial charge on any atom is -0.477 e. The number of hydrogen-bond donors (Lipinski definition) is 2. The van der Waals surface area contributed by atoms with E-state index in [1.54, 1.807) is 13.3 Å². The fourth-order valence-corrected chi connectivity index (χ4v) is 4.43. The van der Waals surface area contributed by atoms with Gasteiger partial charge in [0.15, 0.2) is 0 Å². The second kappa shape index (κ2) is 7.16. The van der Waals surface area contributed by atoms with Gasteiger partial charge in [-0.1, -0.05) is 42.5 Å². The molecular formula is C22H25N3O2. The second-order valence-electron chi connectivity index (χ2n) is 7.51. The molecule has 3 atom stereocenters. The van der Waals surface area contributed by atoms with E-state index in [0.29, 0.717) is 17.4 Å². The van der Waals surface area contributed by atoms with Crippen LogP contribution >= 0.6 is 0 Å². The van der Waals surface area contributed by atoms with Crippen LogP contribution in [0.25, 0.3) is 10.8 Å². The van der Waals surface area contributed by atoms with E-state index in [1.807, 2.05) is 4.57 Å². The average Bonchev–Trinajstić information content (AvgIpc) is 3.27. The van der Waals surface area contributed by atoms with E-state index in [2.05, 4.69) is 59.7 Å². The standard InChI is InChI=1S/C22H25N3O2/c1-14(19-9-5-7-16-6-3-4-8-20(16)19)24-17-10-11-18(12-17)25-13-23-15(2)21(25)22(26)27/h3-9,13-14,17-18,24H,10-12H2,1-2H3,(H,26,27)/t14-,17-,18-/m1/s1. The monoisotopic (exact) mass is 363 g/mol. The summed E-state index contributed by atoms with van der Waals surface area (Å²) in [5, 5.41) is 15.8. The molecular weight excluding hydrogens is 338 g/mol. The van der Waals surface area contributed by atoms with Crippen molar-refractivity contribution < 1.29 is 9.90 Å². The van der Waals surface area contributed by atoms with E-state index in [0.717, 1.165) is 19.3 Å². The summed E-state index contributed by atoms with van der Waals surface area (Å²) in [6.45, 7) is 3.96. The Kier molecular flexibility index (Phi) is 4.70. The summed E-state index contributed by atoms with van der Waals surface area (Å²) in [5.74, 6) is -0.898. The molecule has 0 spiro atoms. The van der Waals surface area contributed by atoms with E-state index >= 15 is 0 Å². The molecule has 0 saturated heterocycles. The normalized spacial score (nSPS) is 20.8. The van der Waals surface area contributed by atoms with Gasteiger partial charge in [0, 0.05) is 18.1 Å². The van der Waals surface area contributed by atoms with Crippen LogP contribution in [0.1, 0.15) is 60.0 Å². The molecule has 140 valence electrons. The van der Waals surface area contributed by atoms with Gasteiger partial charge in [0.1, 0.15) is 5.69 Å². The van der Waals surface area contributed by atoms with Gasteiger partial charge in [-0.05, 0) is 49.4 Å². The van der Waals surface area contributed by atoms with Crippen LogP contribution < -0.4 is 5.32 Å². The zero-order chi connectivity index (χ0) is 19.0. The average molecular weight is 363 g/mol. The molecule has 0 aliphatic heterocycles. The van der Waals surface area contributed by atoms with E-state index in [-0.39, 0.29) is 12.1 Å². The molecule has 5 heteroatoms. The van der Waals surface area contributed by atoms with Gasteiger partial charge < -0.3 is 15.0 Å². The fourth-order valence-electron chi connectivity index (χ4n) is 4.43. The number of imidazole rings is 1. The number of fused-ring (bicyclic) bond motifs is 1. The van der Waals surface area contributed by atoms with Gasteiger partial charge in [-0.15, -0.1) is 0 Å². The number of rotatable bonds is 5. The Bertz CT molecular complexity index is 973. The predicted octanol–water partition coefficient (Wildman–Crippen LogP) is 4.49. The number of hydrogen-bond acceptors (Lipinski definition) is 3. The molecule has 5 nitrogen and oxygen atoms in total. The number of carboxylic acids is 1. The van der Waals surface area contributed by atoms with Crippen LogP contribution in [-0.2, 0) is 0 Å². The first kappa shape index (κ1) is 17.7. The Morgan fingerprint density at radius 1 is 1.22 bits per heavy atom. The van der Waals surface area contributed by atoms with Crippen molar-refractivity contribution in [3.63, 3.8) is 0 Å². The third kappa shape index (κ3) is 3.35. The van der Waals surface area contributed by atoms with E-state index in [4.69, 9.17) is 0 Å². The molecule has 1 saturated carbocycles. The Morgan fingerprint density at radius 2 is 2.00 bits per heavy atom. The molecule has 2 aromatic carbocycles. The summed E-state index contributed by atoms with van der Waals surface area (Å²) in [7, 11) is 0. The molecule has 3 aromatic rings. The molecule has 1 heterocycles. The number of nitrogens with zero attached hydrogens (tertiary/aromatic N) is 2. The molecule has 1 aliphatic carbocycles. The van der Waals surface area contributed by atoms with Crippen molar-refractivity contribution in [3.8, 4) is 0 Å². The number of carboxylic acid groups (broad SMARTS) is 1. The van der Waals surface area contributed by atoms with Gasteiger partial charge in [-0.3, -0.25) is 0 Å². The van der Waals surface area contributed by atoms with Crippen molar-refractivity contribution in [1.29, 1.82) is 0 Å². The highest BCUT2D eigenvalue weighted by molar-refractivity contribution is 5.87. The third-order valence-electron chi connectivity index (χ3n) is 5.75. The molecule has 4 rings (SSSR count). The molecule has 1 fully saturated rings. The maximum Gasteiger partial charge on any atom is 0.354 e. The first-order chi connectivity index (χ1) is 13.0. The number of nitrogens with one attached hydrogen (secondary N) is 1. The van der Waals surface area contributed by atoms with E-state index < -0.39 is 5.97 Å². The van der Waals surface area contributed by atoms with Gasteiger partial charge in [-0.2, -0.15) is 0 Å². The molecule has 2 N–H and O–H groups in total. The highest BCUT2D eigenvalue weighted by Crippen LogP contribution is 2.33. The molecule has 0 unspecified atom stereocenters. The first-order valence-corrected chi connectivity index (χ1v) is 9.55. The number of aromatic carboxylic acids is 1. The Hall–Kier alpha value is -2.66. The predicted molar refractivity (Wildman–Crippen MR) is 106 cm³/mol. The minimum atomic E-state index is -0.898. The lowest BCUT2D eigenvalue weighted by molar-refractivity contribution is 0.0681. The lowest BCUT2D eigenvalue weighted by Gasteiger charge is -2.22. The quantitative estimate of drug-likeness (QED) is 0.701. The van der Waals surface area contributed by atoms with Crippen LogP contribution in [0.4, 0.5) is 0 Å². The number of aryl methyl sites for hydroxylation is 1. The number of carbonyl (C=O) groups is 1. The van der Waals surface area contributed by atoms with Crippen molar-refractivity contribution in [2.75, 3.05) is 0 Å². The van der Waals surface area contributed by atoms with Gasteiger partial charge in [0.2, 0.25) is 0 Å². The summed E-state index contributed by atoms with van der Waals surface area (Å²) in [6.07, 6.45) is 4.61. The van der Waals surface area contributed by atoms with Gasteiger partial charge in [0.25, 0.3) is 0 Å². The smallest absolute Gasteiger partial charge is 0.354 e. The zero-order valence-electron chi connectivity index (χ0n) is 15.7. The SMILES string of the molecule is Cc1ncn([C@@H]2CC[C@@H](N[C@H](C)c3cccc4ccccc34)C2)c1C(=O)O. The summed E-state index contributed by atoms with van der Waals surface area (Å²) in [6, 6.07) is 15.7. The maximum absolute atomic E-state index is 11.6.